The smallest absolute Gasteiger partial charge is 0.168 e. The third-order valence-corrected chi connectivity index (χ3v) is 12.8. The maximum Gasteiger partial charge on any atom is 2.00 e. The minimum Gasteiger partial charge on any atom is -0.168 e. The minimum absolute atomic E-state index is 0. The Labute approximate surface area is 392 Å². The van der Waals surface area contributed by atoms with Crippen molar-refractivity contribution in [3.63, 3.8) is 0 Å². The van der Waals surface area contributed by atoms with Crippen molar-refractivity contribution in [1.29, 1.82) is 0 Å². The first-order valence-electron chi connectivity index (χ1n) is 19.7. The van der Waals surface area contributed by atoms with E-state index in [1.807, 2.05) is 13.8 Å². The number of benzene rings is 6. The van der Waals surface area contributed by atoms with Crippen LogP contribution < -0.4 is 5.19 Å². The van der Waals surface area contributed by atoms with Gasteiger partial charge in [-0.2, -0.15) is 18.2 Å². The molecule has 0 fully saturated rings. The van der Waals surface area contributed by atoms with Gasteiger partial charge < -0.3 is 0 Å². The number of allylic oxidation sites excluding steroid dienone is 5. The van der Waals surface area contributed by atoms with E-state index in [-0.39, 0.29) is 42.8 Å². The summed E-state index contributed by atoms with van der Waals surface area (Å²) in [5.41, 5.74) is 0.843. The van der Waals surface area contributed by atoms with Crippen molar-refractivity contribution in [3.05, 3.63) is 219 Å². The van der Waals surface area contributed by atoms with Crippen molar-refractivity contribution in [2.75, 3.05) is 0 Å². The van der Waals surface area contributed by atoms with Crippen molar-refractivity contribution < 1.29 is 70.1 Å². The van der Waals surface area contributed by atoms with Crippen LogP contribution in [-0.2, 0) is 26.2 Å². The quantitative estimate of drug-likeness (QED) is 0.0389. The molecule has 0 saturated carbocycles. The topological polar surface area (TPSA) is 0 Å². The predicted octanol–water partition coefficient (Wildman–Crippen LogP) is 13.6. The van der Waals surface area contributed by atoms with Gasteiger partial charge in [0.25, 0.3) is 0 Å². The molecule has 13 heteroatoms. The molecule has 7 aromatic rings. The van der Waals surface area contributed by atoms with Gasteiger partial charge in [0.15, 0.2) is 0 Å². The van der Waals surface area contributed by atoms with Crippen LogP contribution in [-0.4, -0.2) is 27.0 Å². The summed E-state index contributed by atoms with van der Waals surface area (Å²) < 4.78 is 145. The Morgan fingerprint density at radius 3 is 1.57 bits per heavy atom. The molecule has 0 N–H and O–H groups in total. The molecule has 0 heterocycles. The van der Waals surface area contributed by atoms with Gasteiger partial charge in [0, 0.05) is 0 Å². The molecule has 325 valence electrons. The largest absolute Gasteiger partial charge is 2.00 e. The molecule has 0 aliphatic heterocycles. The summed E-state index contributed by atoms with van der Waals surface area (Å²) in [5, 5.41) is 3.39. The van der Waals surface area contributed by atoms with Crippen LogP contribution in [0.1, 0.15) is 44.4 Å². The molecule has 0 atom stereocenters. The van der Waals surface area contributed by atoms with Crippen molar-refractivity contribution in [2.45, 2.75) is 34.2 Å². The number of fused-ring (bicyclic) bond motifs is 2. The molecule has 0 saturated heterocycles. The summed E-state index contributed by atoms with van der Waals surface area (Å²) in [6.07, 6.45) is 5.15. The van der Waals surface area contributed by atoms with Crippen LogP contribution in [0, 0.1) is 64.2 Å². The molecule has 65 heavy (non-hydrogen) atoms. The van der Waals surface area contributed by atoms with Gasteiger partial charge in [0.1, 0.15) is 0 Å². The number of halogens is 10. The number of hydrogen-bond acceptors (Lipinski definition) is 0. The zero-order valence-corrected chi connectivity index (χ0v) is 38.9. The van der Waals surface area contributed by atoms with Crippen molar-refractivity contribution in [1.82, 2.24) is 0 Å². The van der Waals surface area contributed by atoms with Gasteiger partial charge >= 0.3 is 255 Å². The zero-order chi connectivity index (χ0) is 46.6. The first kappa shape index (κ1) is 50.4. The van der Waals surface area contributed by atoms with E-state index in [1.54, 1.807) is 36.9 Å². The average Bonchev–Trinajstić information content (AvgIpc) is 3.92. The van der Waals surface area contributed by atoms with Crippen LogP contribution in [0.2, 0.25) is 6.55 Å². The number of rotatable bonds is 6. The van der Waals surface area contributed by atoms with Gasteiger partial charge in [0.05, 0.1) is 0 Å². The van der Waals surface area contributed by atoms with Crippen molar-refractivity contribution >= 4 is 48.6 Å². The molecule has 1 aliphatic rings. The SMILES string of the molecule is C[C-]=C(C)C(C)=CC.[B]=C1C(C=[Si](C)c2ccccc2)=C(c2c(F)c(F)c(F)c(F)c2F)c2c1cccc2-c1c(F)c(F)c(F)c(F)c1F.[Zr+2].c1ccc(-c2cccc3[cH-]ccc23)cc1. The summed E-state index contributed by atoms with van der Waals surface area (Å²) in [6, 6.07) is 35.2. The van der Waals surface area contributed by atoms with E-state index in [4.69, 9.17) is 7.49 Å². The molecule has 0 unspecified atom stereocenters. The molecule has 0 bridgehead atoms. The molecule has 1 aliphatic carbocycles. The van der Waals surface area contributed by atoms with E-state index in [0.717, 1.165) is 17.3 Å². The third-order valence-electron chi connectivity index (χ3n) is 10.9. The molecule has 0 amide bonds. The average molecular weight is 981 g/mol. The third kappa shape index (κ3) is 9.97. The van der Waals surface area contributed by atoms with Crippen LogP contribution in [0.5, 0.6) is 0 Å². The number of hydrogen-bond donors (Lipinski definition) is 0. The normalized spacial score (nSPS) is 12.6. The van der Waals surface area contributed by atoms with Gasteiger partial charge in [-0.05, 0) is 5.56 Å². The summed E-state index contributed by atoms with van der Waals surface area (Å²) in [6.45, 7) is 9.85. The van der Waals surface area contributed by atoms with Crippen LogP contribution >= 0.6 is 0 Å². The van der Waals surface area contributed by atoms with Crippen molar-refractivity contribution in [2.24, 2.45) is 0 Å². The fourth-order valence-electron chi connectivity index (χ4n) is 7.19. The van der Waals surface area contributed by atoms with Gasteiger partial charge in [-0.1, -0.05) is 55.8 Å². The molecule has 1 radical (unpaired) electrons. The summed E-state index contributed by atoms with van der Waals surface area (Å²) >= 11 is 0. The molecular formula is C52H36BF10SiZr. The Kier molecular flexibility index (Phi) is 16.7. The Balaban J connectivity index is 0.000000269. The fourth-order valence-corrected chi connectivity index (χ4v) is 8.81. The first-order valence-corrected chi connectivity index (χ1v) is 21.8. The summed E-state index contributed by atoms with van der Waals surface area (Å²) in [7, 11) is 4.49. The fraction of sp³-hybridized carbons (Fsp3) is 0.0962. The van der Waals surface area contributed by atoms with E-state index < -0.39 is 94.4 Å². The molecule has 7 aromatic carbocycles. The minimum atomic E-state index is -2.46. The molecule has 8 rings (SSSR count). The van der Waals surface area contributed by atoms with E-state index in [2.05, 4.69) is 92.7 Å². The Bertz CT molecular complexity index is 2990. The van der Waals surface area contributed by atoms with Gasteiger partial charge in [-0.3, -0.25) is 6.08 Å². The molecule has 0 spiro atoms. The molecular weight excluding hydrogens is 945 g/mol. The second-order valence-electron chi connectivity index (χ2n) is 14.6. The summed E-state index contributed by atoms with van der Waals surface area (Å²) in [5.74, 6) is -23.2. The molecule has 0 nitrogen and oxygen atoms in total. The Hall–Kier alpha value is -5.65. The maximum absolute atomic E-state index is 15.3. The van der Waals surface area contributed by atoms with Crippen LogP contribution in [0.15, 0.2) is 138 Å². The Morgan fingerprint density at radius 1 is 0.569 bits per heavy atom. The predicted molar refractivity (Wildman–Crippen MR) is 240 cm³/mol. The zero-order valence-electron chi connectivity index (χ0n) is 35.5. The monoisotopic (exact) mass is 979 g/mol. The van der Waals surface area contributed by atoms with Crippen LogP contribution in [0.25, 0.3) is 38.6 Å². The first-order chi connectivity index (χ1) is 30.5. The van der Waals surface area contributed by atoms with E-state index in [0.29, 0.717) is 0 Å². The van der Waals surface area contributed by atoms with E-state index in [1.165, 1.54) is 44.8 Å². The molecule has 0 aromatic heterocycles. The second-order valence-corrected chi connectivity index (χ2v) is 16.8. The van der Waals surface area contributed by atoms with E-state index >= 15 is 8.78 Å². The second kappa shape index (κ2) is 21.6. The van der Waals surface area contributed by atoms with Gasteiger partial charge in [0.2, 0.25) is 0 Å². The van der Waals surface area contributed by atoms with Crippen molar-refractivity contribution in [3.8, 4) is 22.3 Å². The Morgan fingerprint density at radius 2 is 1.05 bits per heavy atom. The van der Waals surface area contributed by atoms with Crippen LogP contribution in [0.4, 0.5) is 43.9 Å². The standard InChI is InChI=1S/C29H12BF10Si.C15H11.C8H13.Zr/c1-41(11-6-3-2-4-7-11)10-14-16(18-22(33)26(37)29(40)27(38)23(18)34)15-12(8-5-9-13(15)19(14)30)17-20(31)24(35)28(39)25(36)21(17)32;1-2-6-12(7-3-1)14-10-4-8-13-9-5-11-15(13)14;1-5-7(3)8(4)6-2;/h2-10H,1H3;1-11H;5H,1-4H3;/q;2*-1;+2. The van der Waals surface area contributed by atoms with Gasteiger partial charge in [-0.25, -0.2) is 11.1 Å². The van der Waals surface area contributed by atoms with Gasteiger partial charge in [-0.15, -0.1) is 42.8 Å². The van der Waals surface area contributed by atoms with E-state index in [9.17, 15) is 35.1 Å². The van der Waals surface area contributed by atoms with Crippen LogP contribution in [0.3, 0.4) is 0 Å². The summed E-state index contributed by atoms with van der Waals surface area (Å²) in [4.78, 5) is 0. The maximum atomic E-state index is 15.3.